The lowest BCUT2D eigenvalue weighted by molar-refractivity contribution is 0.0528. The fourth-order valence-electron chi connectivity index (χ4n) is 2.46. The van der Waals surface area contributed by atoms with E-state index in [0.29, 0.717) is 24.5 Å². The summed E-state index contributed by atoms with van der Waals surface area (Å²) in [7, 11) is 1.64. The minimum atomic E-state index is -0.523. The molecular weight excluding hydrogens is 366 g/mol. The van der Waals surface area contributed by atoms with Gasteiger partial charge in [0.05, 0.1) is 12.8 Å². The number of carbonyl (C=O) groups excluding carboxylic acids is 1. The number of thioether (sulfide) groups is 1. The molecule has 1 amide bonds. The first-order valence-electron chi connectivity index (χ1n) is 8.62. The van der Waals surface area contributed by atoms with E-state index in [1.54, 1.807) is 23.5 Å². The smallest absolute Gasteiger partial charge is 0.407 e. The predicted octanol–water partition coefficient (Wildman–Crippen LogP) is 2.71. The molecule has 1 aromatic heterocycles. The van der Waals surface area contributed by atoms with Crippen LogP contribution in [0.2, 0.25) is 0 Å². The average Bonchev–Trinajstić information content (AvgIpc) is 3.02. The molecule has 144 valence electrons. The molecule has 0 unspecified atom stereocenters. The number of nitrogens with one attached hydrogen (secondary N) is 1. The number of hydrogen-bond donors (Lipinski definition) is 1. The molecule has 3 rings (SSSR count). The van der Waals surface area contributed by atoms with Gasteiger partial charge in [0.1, 0.15) is 11.4 Å². The zero-order valence-electron chi connectivity index (χ0n) is 15.9. The fourth-order valence-corrected chi connectivity index (χ4v) is 3.32. The molecule has 0 fully saturated rings. The van der Waals surface area contributed by atoms with Crippen molar-refractivity contribution in [1.82, 2.24) is 20.2 Å². The van der Waals surface area contributed by atoms with E-state index in [9.17, 15) is 4.79 Å². The number of fused-ring (bicyclic) bond motifs is 1. The first kappa shape index (κ1) is 19.2. The number of methoxy groups -OCH3 is 1. The zero-order valence-corrected chi connectivity index (χ0v) is 16.7. The molecule has 8 nitrogen and oxygen atoms in total. The second-order valence-corrected chi connectivity index (χ2v) is 7.90. The molecule has 0 saturated heterocycles. The van der Waals surface area contributed by atoms with E-state index < -0.39 is 11.7 Å². The van der Waals surface area contributed by atoms with Crippen LogP contribution < -0.4 is 10.1 Å². The van der Waals surface area contributed by atoms with Gasteiger partial charge in [-0.1, -0.05) is 23.9 Å². The summed E-state index contributed by atoms with van der Waals surface area (Å²) >= 11 is 1.58. The lowest BCUT2D eigenvalue weighted by Gasteiger charge is -2.19. The second kappa shape index (κ2) is 7.99. The van der Waals surface area contributed by atoms with Gasteiger partial charge in [-0.2, -0.15) is 9.78 Å². The maximum absolute atomic E-state index is 11.8. The van der Waals surface area contributed by atoms with Crippen molar-refractivity contribution in [1.29, 1.82) is 0 Å². The van der Waals surface area contributed by atoms with E-state index in [0.717, 1.165) is 22.2 Å². The summed E-state index contributed by atoms with van der Waals surface area (Å²) in [6, 6.07) is 7.80. The van der Waals surface area contributed by atoms with Crippen LogP contribution in [-0.4, -0.2) is 51.7 Å². The Morgan fingerprint density at radius 1 is 1.33 bits per heavy atom. The standard InChI is InChI=1S/C18H23N5O3S/c1-18(2,3)26-17(24)19-9-8-15-20-21-16-23(15)22-14(11-27-16)12-6-5-7-13(10-12)25-4/h5-7,10H,8-9,11H2,1-4H3,(H,19,24). The van der Waals surface area contributed by atoms with Crippen LogP contribution in [0, 0.1) is 0 Å². The summed E-state index contributed by atoms with van der Waals surface area (Å²) in [6.45, 7) is 5.87. The van der Waals surface area contributed by atoms with Gasteiger partial charge in [0.15, 0.2) is 5.82 Å². The number of amides is 1. The number of carbonyl (C=O) groups is 1. The number of alkyl carbamates (subject to hydrolysis) is 1. The van der Waals surface area contributed by atoms with Crippen molar-refractivity contribution in [2.24, 2.45) is 5.10 Å². The van der Waals surface area contributed by atoms with Crippen molar-refractivity contribution >= 4 is 23.6 Å². The highest BCUT2D eigenvalue weighted by Crippen LogP contribution is 2.25. The Bertz CT molecular complexity index is 857. The summed E-state index contributed by atoms with van der Waals surface area (Å²) < 4.78 is 12.3. The largest absolute Gasteiger partial charge is 0.497 e. The molecular formula is C18H23N5O3S. The fraction of sp³-hybridized carbons (Fsp3) is 0.444. The Morgan fingerprint density at radius 3 is 2.89 bits per heavy atom. The molecule has 27 heavy (non-hydrogen) atoms. The van der Waals surface area contributed by atoms with Gasteiger partial charge in [-0.05, 0) is 32.9 Å². The van der Waals surface area contributed by atoms with Crippen LogP contribution in [-0.2, 0) is 11.2 Å². The SMILES string of the molecule is COc1cccc(C2=Nn3c(CCNC(=O)OC(C)(C)C)nnc3SC2)c1. The number of benzene rings is 1. The number of rotatable bonds is 5. The second-order valence-electron chi connectivity index (χ2n) is 6.96. The molecule has 0 aliphatic carbocycles. The Kier molecular flexibility index (Phi) is 5.69. The molecule has 2 heterocycles. The minimum absolute atomic E-state index is 0.391. The highest BCUT2D eigenvalue weighted by atomic mass is 32.2. The van der Waals surface area contributed by atoms with Crippen LogP contribution in [0.25, 0.3) is 0 Å². The summed E-state index contributed by atoms with van der Waals surface area (Å²) in [6.07, 6.45) is 0.0534. The number of hydrogen-bond acceptors (Lipinski definition) is 7. The molecule has 0 spiro atoms. The van der Waals surface area contributed by atoms with Crippen LogP contribution in [0.5, 0.6) is 5.75 Å². The molecule has 9 heteroatoms. The predicted molar refractivity (Wildman–Crippen MR) is 104 cm³/mol. The first-order valence-corrected chi connectivity index (χ1v) is 9.60. The van der Waals surface area contributed by atoms with E-state index in [1.165, 1.54) is 0 Å². The number of nitrogens with zero attached hydrogens (tertiary/aromatic N) is 4. The van der Waals surface area contributed by atoms with Gasteiger partial charge in [-0.15, -0.1) is 10.2 Å². The Balaban J connectivity index is 1.69. The summed E-state index contributed by atoms with van der Waals surface area (Å²) in [5.41, 5.74) is 1.40. The third-order valence-corrected chi connectivity index (χ3v) is 4.59. The summed E-state index contributed by atoms with van der Waals surface area (Å²) in [5.74, 6) is 2.19. The summed E-state index contributed by atoms with van der Waals surface area (Å²) in [5, 5.41) is 16.5. The van der Waals surface area contributed by atoms with Crippen molar-refractivity contribution in [3.8, 4) is 5.75 Å². The van der Waals surface area contributed by atoms with E-state index in [4.69, 9.17) is 14.6 Å². The average molecular weight is 389 g/mol. The van der Waals surface area contributed by atoms with Crippen molar-refractivity contribution in [2.75, 3.05) is 19.4 Å². The highest BCUT2D eigenvalue weighted by molar-refractivity contribution is 7.99. The van der Waals surface area contributed by atoms with Crippen molar-refractivity contribution in [3.63, 3.8) is 0 Å². The van der Waals surface area contributed by atoms with Crippen molar-refractivity contribution in [2.45, 2.75) is 37.9 Å². The van der Waals surface area contributed by atoms with Crippen LogP contribution in [0.15, 0.2) is 34.5 Å². The van der Waals surface area contributed by atoms with Crippen molar-refractivity contribution in [3.05, 3.63) is 35.7 Å². The zero-order chi connectivity index (χ0) is 19.4. The quantitative estimate of drug-likeness (QED) is 0.846. The maximum atomic E-state index is 11.8. The molecule has 0 radical (unpaired) electrons. The Labute approximate surface area is 162 Å². The van der Waals surface area contributed by atoms with Gasteiger partial charge >= 0.3 is 6.09 Å². The van der Waals surface area contributed by atoms with Crippen molar-refractivity contribution < 1.29 is 14.3 Å². The monoisotopic (exact) mass is 389 g/mol. The molecule has 2 aromatic rings. The normalized spacial score (nSPS) is 13.6. The molecule has 1 aliphatic rings. The lowest BCUT2D eigenvalue weighted by atomic mass is 10.1. The molecule has 1 aromatic carbocycles. The van der Waals surface area contributed by atoms with Gasteiger partial charge in [-0.3, -0.25) is 0 Å². The van der Waals surface area contributed by atoms with Gasteiger partial charge in [0.2, 0.25) is 5.16 Å². The minimum Gasteiger partial charge on any atom is -0.497 e. The molecule has 1 N–H and O–H groups in total. The van der Waals surface area contributed by atoms with Crippen LogP contribution in [0.3, 0.4) is 0 Å². The van der Waals surface area contributed by atoms with Gasteiger partial charge in [0, 0.05) is 24.3 Å². The number of aromatic nitrogens is 3. The molecule has 0 bridgehead atoms. The third-order valence-electron chi connectivity index (χ3n) is 3.66. The van der Waals surface area contributed by atoms with E-state index in [1.807, 2.05) is 45.0 Å². The van der Waals surface area contributed by atoms with E-state index >= 15 is 0 Å². The number of ether oxygens (including phenoxy) is 2. The van der Waals surface area contributed by atoms with E-state index in [2.05, 4.69) is 15.5 Å². The molecule has 1 aliphatic heterocycles. The molecule has 0 atom stereocenters. The summed E-state index contributed by atoms with van der Waals surface area (Å²) in [4.78, 5) is 11.8. The van der Waals surface area contributed by atoms with Gasteiger partial charge < -0.3 is 14.8 Å². The first-order chi connectivity index (χ1) is 12.9. The molecule has 0 saturated carbocycles. The Morgan fingerprint density at radius 2 is 2.15 bits per heavy atom. The van der Waals surface area contributed by atoms with Crippen LogP contribution in [0.4, 0.5) is 4.79 Å². The van der Waals surface area contributed by atoms with E-state index in [-0.39, 0.29) is 0 Å². The highest BCUT2D eigenvalue weighted by Gasteiger charge is 2.20. The van der Waals surface area contributed by atoms with Gasteiger partial charge in [0.25, 0.3) is 0 Å². The van der Waals surface area contributed by atoms with Gasteiger partial charge in [-0.25, -0.2) is 4.79 Å². The topological polar surface area (TPSA) is 90.6 Å². The van der Waals surface area contributed by atoms with Crippen LogP contribution in [0.1, 0.15) is 32.2 Å². The maximum Gasteiger partial charge on any atom is 0.407 e. The van der Waals surface area contributed by atoms with Crippen LogP contribution >= 0.6 is 11.8 Å². The lowest BCUT2D eigenvalue weighted by Crippen LogP contribution is -2.33. The Hall–Kier alpha value is -2.55. The third kappa shape index (κ3) is 5.00.